The molecule has 1 aromatic carbocycles. The number of methoxy groups -OCH3 is 1. The Kier molecular flexibility index (Phi) is 4.78. The van der Waals surface area contributed by atoms with Crippen molar-refractivity contribution < 1.29 is 14.3 Å². The van der Waals surface area contributed by atoms with Gasteiger partial charge in [-0.25, -0.2) is 4.79 Å². The van der Waals surface area contributed by atoms with Crippen molar-refractivity contribution in [2.24, 2.45) is 7.05 Å². The molecule has 2 saturated heterocycles. The second kappa shape index (κ2) is 7.23. The number of nitrogens with zero attached hydrogens (tertiary/aromatic N) is 4. The Hall–Kier alpha value is -2.54. The molecule has 2 atom stereocenters. The molecule has 2 aliphatic rings. The summed E-state index contributed by atoms with van der Waals surface area (Å²) in [5, 5.41) is 4.32. The zero-order valence-corrected chi connectivity index (χ0v) is 16.1. The maximum atomic E-state index is 12.3. The number of carbonyl (C=O) groups is 1. The highest BCUT2D eigenvalue weighted by Crippen LogP contribution is 2.28. The fourth-order valence-corrected chi connectivity index (χ4v) is 3.95. The van der Waals surface area contributed by atoms with Crippen molar-refractivity contribution in [3.63, 3.8) is 0 Å². The molecule has 0 saturated carbocycles. The Morgan fingerprint density at radius 3 is 2.70 bits per heavy atom. The minimum atomic E-state index is -0.185. The summed E-state index contributed by atoms with van der Waals surface area (Å²) in [6, 6.07) is 8.13. The number of fused-ring (bicyclic) bond motifs is 1. The average molecular weight is 370 g/mol. The smallest absolute Gasteiger partial charge is 0.410 e. The standard InChI is InChI=1S/C20H26N4O3/c1-14-16(10-21-22(14)2)11-23-12-18-19(13-23)27-20(25)24(18)9-8-15-4-6-17(26-3)7-5-15/h4-7,10,18-19H,8-9,11-13H2,1-3H3/t18-,19+/m0/s1. The SMILES string of the molecule is COc1ccc(CCN2C(=O)O[C@@H]3CN(Cc4cnn(C)c4C)C[C@@H]32)cc1. The maximum Gasteiger partial charge on any atom is 0.410 e. The van der Waals surface area contributed by atoms with E-state index in [2.05, 4.69) is 16.9 Å². The van der Waals surface area contributed by atoms with Crippen molar-refractivity contribution >= 4 is 6.09 Å². The van der Waals surface area contributed by atoms with Gasteiger partial charge >= 0.3 is 6.09 Å². The van der Waals surface area contributed by atoms with E-state index in [1.807, 2.05) is 47.1 Å². The second-order valence-corrected chi connectivity index (χ2v) is 7.35. The van der Waals surface area contributed by atoms with Crippen LogP contribution in [-0.4, -0.2) is 64.6 Å². The molecule has 0 N–H and O–H groups in total. The number of aryl methyl sites for hydroxylation is 1. The first kappa shape index (κ1) is 17.9. The van der Waals surface area contributed by atoms with Gasteiger partial charge in [-0.3, -0.25) is 14.5 Å². The summed E-state index contributed by atoms with van der Waals surface area (Å²) >= 11 is 0. The van der Waals surface area contributed by atoms with E-state index >= 15 is 0 Å². The summed E-state index contributed by atoms with van der Waals surface area (Å²) in [5.74, 6) is 0.844. The lowest BCUT2D eigenvalue weighted by Crippen LogP contribution is -2.39. The highest BCUT2D eigenvalue weighted by atomic mass is 16.6. The predicted octanol–water partition coefficient (Wildman–Crippen LogP) is 1.98. The number of likely N-dealkylation sites (tertiary alicyclic amines) is 1. The first-order valence-corrected chi connectivity index (χ1v) is 9.35. The van der Waals surface area contributed by atoms with E-state index in [0.717, 1.165) is 31.8 Å². The zero-order valence-electron chi connectivity index (χ0n) is 16.1. The van der Waals surface area contributed by atoms with Crippen molar-refractivity contribution in [3.8, 4) is 5.75 Å². The summed E-state index contributed by atoms with van der Waals surface area (Å²) in [7, 11) is 3.62. The van der Waals surface area contributed by atoms with Crippen LogP contribution in [0.4, 0.5) is 4.79 Å². The normalized spacial score (nSPS) is 22.2. The predicted molar refractivity (Wildman–Crippen MR) is 101 cm³/mol. The van der Waals surface area contributed by atoms with Crippen LogP contribution in [0.5, 0.6) is 5.75 Å². The van der Waals surface area contributed by atoms with Crippen molar-refractivity contribution in [2.45, 2.75) is 32.0 Å². The van der Waals surface area contributed by atoms with Gasteiger partial charge in [0.05, 0.1) is 19.3 Å². The van der Waals surface area contributed by atoms with Crippen LogP contribution < -0.4 is 4.74 Å². The molecule has 2 fully saturated rings. The molecule has 0 aliphatic carbocycles. The van der Waals surface area contributed by atoms with Crippen LogP contribution in [0.3, 0.4) is 0 Å². The number of ether oxygens (including phenoxy) is 2. The van der Waals surface area contributed by atoms with Crippen molar-refractivity contribution in [3.05, 3.63) is 47.3 Å². The van der Waals surface area contributed by atoms with E-state index in [1.165, 1.54) is 16.8 Å². The Morgan fingerprint density at radius 1 is 1.26 bits per heavy atom. The number of hydrogen-bond acceptors (Lipinski definition) is 5. The molecule has 2 aromatic rings. The van der Waals surface area contributed by atoms with Gasteiger partial charge in [0.1, 0.15) is 11.9 Å². The Balaban J connectivity index is 1.36. The number of rotatable bonds is 6. The topological polar surface area (TPSA) is 59.8 Å². The van der Waals surface area contributed by atoms with Crippen molar-refractivity contribution in [2.75, 3.05) is 26.7 Å². The summed E-state index contributed by atoms with van der Waals surface area (Å²) < 4.78 is 12.7. The molecular formula is C20H26N4O3. The fraction of sp³-hybridized carbons (Fsp3) is 0.500. The van der Waals surface area contributed by atoms with Crippen LogP contribution in [0.25, 0.3) is 0 Å². The number of hydrogen-bond donors (Lipinski definition) is 0. The highest BCUT2D eigenvalue weighted by molar-refractivity contribution is 5.71. The van der Waals surface area contributed by atoms with E-state index < -0.39 is 0 Å². The molecular weight excluding hydrogens is 344 g/mol. The number of carbonyl (C=O) groups excluding carboxylic acids is 1. The molecule has 1 amide bonds. The van der Waals surface area contributed by atoms with Crippen LogP contribution in [-0.2, 0) is 24.8 Å². The van der Waals surface area contributed by atoms with E-state index in [-0.39, 0.29) is 18.2 Å². The molecule has 27 heavy (non-hydrogen) atoms. The molecule has 3 heterocycles. The van der Waals surface area contributed by atoms with Gasteiger partial charge in [0.2, 0.25) is 0 Å². The van der Waals surface area contributed by atoms with Crippen molar-refractivity contribution in [1.29, 1.82) is 0 Å². The van der Waals surface area contributed by atoms with E-state index in [4.69, 9.17) is 9.47 Å². The van der Waals surface area contributed by atoms with Crippen LogP contribution in [0.2, 0.25) is 0 Å². The van der Waals surface area contributed by atoms with Gasteiger partial charge in [0, 0.05) is 44.5 Å². The van der Waals surface area contributed by atoms with E-state index in [1.54, 1.807) is 7.11 Å². The molecule has 4 rings (SSSR count). The molecule has 2 aliphatic heterocycles. The summed E-state index contributed by atoms with van der Waals surface area (Å²) in [6.07, 6.45) is 2.52. The molecule has 7 nitrogen and oxygen atoms in total. The van der Waals surface area contributed by atoms with Gasteiger partial charge < -0.3 is 9.47 Å². The summed E-state index contributed by atoms with van der Waals surface area (Å²) in [6.45, 7) is 5.22. The van der Waals surface area contributed by atoms with Gasteiger partial charge in [0.25, 0.3) is 0 Å². The minimum absolute atomic E-state index is 0.0367. The molecule has 0 spiro atoms. The van der Waals surface area contributed by atoms with Gasteiger partial charge in [-0.15, -0.1) is 0 Å². The lowest BCUT2D eigenvalue weighted by Gasteiger charge is -2.22. The zero-order chi connectivity index (χ0) is 19.0. The van der Waals surface area contributed by atoms with Crippen molar-refractivity contribution in [1.82, 2.24) is 19.6 Å². The Bertz CT molecular complexity index is 817. The minimum Gasteiger partial charge on any atom is -0.497 e. The lowest BCUT2D eigenvalue weighted by molar-refractivity contribution is 0.120. The molecule has 7 heteroatoms. The summed E-state index contributed by atoms with van der Waals surface area (Å²) in [4.78, 5) is 16.5. The maximum absolute atomic E-state index is 12.3. The van der Waals surface area contributed by atoms with Crippen LogP contribution in [0.15, 0.2) is 30.5 Å². The number of aromatic nitrogens is 2. The van der Waals surface area contributed by atoms with E-state index in [9.17, 15) is 4.79 Å². The molecule has 0 radical (unpaired) electrons. The number of benzene rings is 1. The highest BCUT2D eigenvalue weighted by Gasteiger charge is 2.47. The number of amides is 1. The van der Waals surface area contributed by atoms with Gasteiger partial charge in [0.15, 0.2) is 0 Å². The quantitative estimate of drug-likeness (QED) is 0.778. The monoisotopic (exact) mass is 370 g/mol. The molecule has 1 aromatic heterocycles. The third-order valence-corrected chi connectivity index (χ3v) is 5.73. The first-order chi connectivity index (χ1) is 13.0. The Labute approximate surface area is 159 Å². The fourth-order valence-electron chi connectivity index (χ4n) is 3.95. The van der Waals surface area contributed by atoms with Gasteiger partial charge in [-0.05, 0) is 31.0 Å². The summed E-state index contributed by atoms with van der Waals surface area (Å²) in [5.41, 5.74) is 3.60. The third kappa shape index (κ3) is 3.51. The van der Waals surface area contributed by atoms with Crippen LogP contribution in [0, 0.1) is 6.92 Å². The lowest BCUT2D eigenvalue weighted by atomic mass is 10.1. The Morgan fingerprint density at radius 2 is 2.04 bits per heavy atom. The average Bonchev–Trinajstić information content (AvgIpc) is 3.29. The van der Waals surface area contributed by atoms with Gasteiger partial charge in [-0.1, -0.05) is 12.1 Å². The van der Waals surface area contributed by atoms with Crippen LogP contribution >= 0.6 is 0 Å². The third-order valence-electron chi connectivity index (χ3n) is 5.73. The molecule has 0 bridgehead atoms. The van der Waals surface area contributed by atoms with E-state index in [0.29, 0.717) is 6.54 Å². The van der Waals surface area contributed by atoms with Crippen LogP contribution in [0.1, 0.15) is 16.8 Å². The molecule has 144 valence electrons. The molecule has 0 unspecified atom stereocenters. The largest absolute Gasteiger partial charge is 0.497 e. The second-order valence-electron chi connectivity index (χ2n) is 7.35. The van der Waals surface area contributed by atoms with Gasteiger partial charge in [-0.2, -0.15) is 5.10 Å². The first-order valence-electron chi connectivity index (χ1n) is 9.35.